The van der Waals surface area contributed by atoms with E-state index >= 15 is 0 Å². The van der Waals surface area contributed by atoms with Gasteiger partial charge < -0.3 is 9.30 Å². The number of aromatic nitrogens is 1. The lowest BCUT2D eigenvalue weighted by molar-refractivity contribution is 0.0264. The Morgan fingerprint density at radius 2 is 2.06 bits per heavy atom. The normalized spacial score (nSPS) is 22.7. The molecule has 3 heteroatoms. The summed E-state index contributed by atoms with van der Waals surface area (Å²) in [5.41, 5.74) is 3.90. The van der Waals surface area contributed by atoms with Gasteiger partial charge in [-0.2, -0.15) is 0 Å². The number of benzene rings is 1. The Bertz CT molecular complexity index is 561. The van der Waals surface area contributed by atoms with Crippen molar-refractivity contribution < 1.29 is 4.74 Å². The summed E-state index contributed by atoms with van der Waals surface area (Å²) in [6.07, 6.45) is 2.25. The first-order valence-electron chi connectivity index (χ1n) is 6.05. The van der Waals surface area contributed by atoms with Crippen LogP contribution in [0.3, 0.4) is 0 Å². The van der Waals surface area contributed by atoms with E-state index in [0.717, 1.165) is 19.7 Å². The fourth-order valence-corrected chi connectivity index (χ4v) is 2.85. The maximum absolute atomic E-state index is 5.86. The van der Waals surface area contributed by atoms with Gasteiger partial charge in [-0.1, -0.05) is 18.2 Å². The van der Waals surface area contributed by atoms with Crippen molar-refractivity contribution in [1.82, 2.24) is 9.47 Å². The zero-order valence-corrected chi connectivity index (χ0v) is 9.54. The zero-order chi connectivity index (χ0) is 11.2. The first-order chi connectivity index (χ1) is 8.43. The van der Waals surface area contributed by atoms with Crippen LogP contribution in [0.25, 0.3) is 5.69 Å². The van der Waals surface area contributed by atoms with Gasteiger partial charge in [0, 0.05) is 25.0 Å². The summed E-state index contributed by atoms with van der Waals surface area (Å²) in [5, 5.41) is 0. The molecule has 2 aliphatic rings. The van der Waals surface area contributed by atoms with Crippen molar-refractivity contribution in [1.29, 1.82) is 0 Å². The van der Waals surface area contributed by atoms with E-state index in [1.807, 2.05) is 0 Å². The average molecular weight is 226 g/mol. The Morgan fingerprint density at radius 3 is 3.06 bits per heavy atom. The maximum atomic E-state index is 5.86. The molecule has 0 spiro atoms. The highest BCUT2D eigenvalue weighted by Crippen LogP contribution is 2.34. The number of hydrogen-bond acceptors (Lipinski definition) is 2. The molecule has 4 rings (SSSR count). The molecular formula is C14H14N2O. The van der Waals surface area contributed by atoms with Crippen molar-refractivity contribution >= 4 is 0 Å². The topological polar surface area (TPSA) is 17.4 Å². The van der Waals surface area contributed by atoms with E-state index in [-0.39, 0.29) is 6.23 Å². The largest absolute Gasteiger partial charge is 0.356 e. The van der Waals surface area contributed by atoms with Crippen LogP contribution >= 0.6 is 0 Å². The molecule has 0 radical (unpaired) electrons. The first kappa shape index (κ1) is 9.45. The summed E-state index contributed by atoms with van der Waals surface area (Å²) < 4.78 is 8.11. The Balaban J connectivity index is 1.97. The molecule has 17 heavy (non-hydrogen) atoms. The van der Waals surface area contributed by atoms with Gasteiger partial charge in [-0.15, -0.1) is 0 Å². The van der Waals surface area contributed by atoms with Crippen molar-refractivity contribution in [3.05, 3.63) is 53.9 Å². The lowest BCUT2D eigenvalue weighted by Gasteiger charge is -2.19. The van der Waals surface area contributed by atoms with E-state index in [4.69, 9.17) is 4.74 Å². The maximum Gasteiger partial charge on any atom is 0.152 e. The van der Waals surface area contributed by atoms with Crippen molar-refractivity contribution in [2.75, 3.05) is 13.2 Å². The molecule has 1 unspecified atom stereocenters. The summed E-state index contributed by atoms with van der Waals surface area (Å²) in [7, 11) is 0. The first-order valence-corrected chi connectivity index (χ1v) is 6.05. The van der Waals surface area contributed by atoms with Crippen molar-refractivity contribution in [3.63, 3.8) is 0 Å². The van der Waals surface area contributed by atoms with Crippen LogP contribution in [0, 0.1) is 0 Å². The second kappa shape index (κ2) is 3.45. The molecule has 1 atom stereocenters. The van der Waals surface area contributed by atoms with Gasteiger partial charge in [0.1, 0.15) is 0 Å². The monoisotopic (exact) mass is 226 g/mol. The summed E-state index contributed by atoms with van der Waals surface area (Å²) >= 11 is 0. The third-order valence-corrected chi connectivity index (χ3v) is 3.64. The Labute approximate surface area is 100 Å². The lowest BCUT2D eigenvalue weighted by Crippen LogP contribution is -2.22. The fraction of sp³-hybridized carbons (Fsp3) is 0.286. The average Bonchev–Trinajstić information content (AvgIpc) is 2.96. The molecule has 0 aliphatic carbocycles. The molecule has 0 N–H and O–H groups in total. The van der Waals surface area contributed by atoms with Crippen molar-refractivity contribution in [2.45, 2.75) is 12.8 Å². The summed E-state index contributed by atoms with van der Waals surface area (Å²) in [4.78, 5) is 2.40. The highest BCUT2D eigenvalue weighted by Gasteiger charge is 2.32. The van der Waals surface area contributed by atoms with Crippen LogP contribution in [0.5, 0.6) is 0 Å². The SMILES string of the molecule is c1ccc2c(c1)CN1CCOC1c1cccn1-2. The molecule has 1 aromatic carbocycles. The van der Waals surface area contributed by atoms with Gasteiger partial charge in [-0.25, -0.2) is 0 Å². The zero-order valence-electron chi connectivity index (χ0n) is 9.54. The molecule has 1 fully saturated rings. The highest BCUT2D eigenvalue weighted by atomic mass is 16.5. The summed E-state index contributed by atoms with van der Waals surface area (Å²) in [5.74, 6) is 0. The predicted octanol–water partition coefficient (Wildman–Crippen LogP) is 2.32. The van der Waals surface area contributed by atoms with Gasteiger partial charge >= 0.3 is 0 Å². The third-order valence-electron chi connectivity index (χ3n) is 3.64. The fourth-order valence-electron chi connectivity index (χ4n) is 2.85. The van der Waals surface area contributed by atoms with E-state index < -0.39 is 0 Å². The number of ether oxygens (including phenoxy) is 1. The molecule has 0 amide bonds. The quantitative estimate of drug-likeness (QED) is 0.686. The van der Waals surface area contributed by atoms with E-state index in [2.05, 4.69) is 52.1 Å². The Kier molecular flexibility index (Phi) is 1.92. The van der Waals surface area contributed by atoms with Crippen LogP contribution < -0.4 is 0 Å². The minimum absolute atomic E-state index is 0.123. The standard InChI is InChI=1S/C14H14N2O/c1-2-5-12-11(4-1)10-15-8-9-17-14(15)13-6-3-7-16(12)13/h1-7,14H,8-10H2. The number of hydrogen-bond donors (Lipinski definition) is 0. The number of rotatable bonds is 0. The highest BCUT2D eigenvalue weighted by molar-refractivity contribution is 5.44. The molecule has 0 bridgehead atoms. The number of nitrogens with zero attached hydrogens (tertiary/aromatic N) is 2. The molecule has 1 saturated heterocycles. The van der Waals surface area contributed by atoms with Gasteiger partial charge in [0.15, 0.2) is 6.23 Å². The van der Waals surface area contributed by atoms with Gasteiger partial charge in [-0.3, -0.25) is 4.90 Å². The van der Waals surface area contributed by atoms with Crippen LogP contribution in [-0.2, 0) is 11.3 Å². The number of fused-ring (bicyclic) bond motifs is 5. The van der Waals surface area contributed by atoms with Crippen LogP contribution in [0.4, 0.5) is 0 Å². The molecule has 0 saturated carbocycles. The Morgan fingerprint density at radius 1 is 1.12 bits per heavy atom. The molecule has 1 aromatic heterocycles. The van der Waals surface area contributed by atoms with E-state index in [1.165, 1.54) is 16.9 Å². The molecule has 3 heterocycles. The Hall–Kier alpha value is -1.58. The summed E-state index contributed by atoms with van der Waals surface area (Å²) in [6, 6.07) is 12.8. The predicted molar refractivity (Wildman–Crippen MR) is 64.9 cm³/mol. The molecular weight excluding hydrogens is 212 g/mol. The van der Waals surface area contributed by atoms with Crippen LogP contribution in [-0.4, -0.2) is 22.6 Å². The van der Waals surface area contributed by atoms with Crippen LogP contribution in [0.15, 0.2) is 42.6 Å². The number of para-hydroxylation sites is 1. The van der Waals surface area contributed by atoms with Gasteiger partial charge in [0.25, 0.3) is 0 Å². The minimum atomic E-state index is 0.123. The van der Waals surface area contributed by atoms with Crippen molar-refractivity contribution in [3.8, 4) is 5.69 Å². The third kappa shape index (κ3) is 1.30. The van der Waals surface area contributed by atoms with Gasteiger partial charge in [0.2, 0.25) is 0 Å². The lowest BCUT2D eigenvalue weighted by atomic mass is 10.1. The molecule has 2 aromatic rings. The van der Waals surface area contributed by atoms with Crippen LogP contribution in [0.1, 0.15) is 17.5 Å². The molecule has 3 nitrogen and oxygen atoms in total. The van der Waals surface area contributed by atoms with Gasteiger partial charge in [0.05, 0.1) is 12.3 Å². The second-order valence-corrected chi connectivity index (χ2v) is 4.63. The van der Waals surface area contributed by atoms with Crippen LogP contribution in [0.2, 0.25) is 0 Å². The minimum Gasteiger partial charge on any atom is -0.356 e. The second-order valence-electron chi connectivity index (χ2n) is 4.63. The van der Waals surface area contributed by atoms with E-state index in [9.17, 15) is 0 Å². The van der Waals surface area contributed by atoms with Crippen molar-refractivity contribution in [2.24, 2.45) is 0 Å². The molecule has 2 aliphatic heterocycles. The smallest absolute Gasteiger partial charge is 0.152 e. The summed E-state index contributed by atoms with van der Waals surface area (Å²) in [6.45, 7) is 2.82. The van der Waals surface area contributed by atoms with E-state index in [0.29, 0.717) is 0 Å². The molecule has 86 valence electrons. The van der Waals surface area contributed by atoms with E-state index in [1.54, 1.807) is 0 Å². The van der Waals surface area contributed by atoms with Gasteiger partial charge in [-0.05, 0) is 23.8 Å².